The molecular formula is C13H25N3O2. The van der Waals surface area contributed by atoms with Gasteiger partial charge in [-0.25, -0.2) is 0 Å². The quantitative estimate of drug-likeness (QED) is 0.786. The first-order valence-electron chi connectivity index (χ1n) is 6.68. The third kappa shape index (κ3) is 3.98. The van der Waals surface area contributed by atoms with Crippen LogP contribution < -0.4 is 5.32 Å². The molecule has 1 aliphatic rings. The molecule has 0 aliphatic carbocycles. The molecule has 0 aromatic rings. The molecule has 1 saturated heterocycles. The van der Waals surface area contributed by atoms with Gasteiger partial charge in [-0.3, -0.25) is 9.59 Å². The maximum atomic E-state index is 12.4. The maximum Gasteiger partial charge on any atom is 0.241 e. The summed E-state index contributed by atoms with van der Waals surface area (Å²) in [4.78, 5) is 27.2. The van der Waals surface area contributed by atoms with Gasteiger partial charge in [0.2, 0.25) is 11.8 Å². The second-order valence-corrected chi connectivity index (χ2v) is 5.22. The molecule has 5 heteroatoms. The van der Waals surface area contributed by atoms with Gasteiger partial charge in [0.25, 0.3) is 0 Å². The fraction of sp³-hybridized carbons (Fsp3) is 0.846. The van der Waals surface area contributed by atoms with Crippen LogP contribution in [0.2, 0.25) is 0 Å². The van der Waals surface area contributed by atoms with Gasteiger partial charge in [0, 0.05) is 32.6 Å². The van der Waals surface area contributed by atoms with E-state index in [0.29, 0.717) is 12.6 Å². The van der Waals surface area contributed by atoms with Crippen LogP contribution >= 0.6 is 0 Å². The topological polar surface area (TPSA) is 52.7 Å². The number of nitrogens with zero attached hydrogens (tertiary/aromatic N) is 2. The minimum absolute atomic E-state index is 0.0211. The minimum atomic E-state index is -0.0211. The molecule has 0 saturated carbocycles. The zero-order valence-electron chi connectivity index (χ0n) is 11.9. The molecular weight excluding hydrogens is 230 g/mol. The minimum Gasteiger partial charge on any atom is -0.347 e. The second kappa shape index (κ2) is 6.73. The number of amides is 2. The van der Waals surface area contributed by atoms with Crippen molar-refractivity contribution in [1.82, 2.24) is 15.1 Å². The van der Waals surface area contributed by atoms with E-state index >= 15 is 0 Å². The van der Waals surface area contributed by atoms with Gasteiger partial charge in [0.05, 0.1) is 6.54 Å². The zero-order chi connectivity index (χ0) is 13.7. The van der Waals surface area contributed by atoms with E-state index in [-0.39, 0.29) is 24.3 Å². The molecule has 1 rings (SSSR count). The van der Waals surface area contributed by atoms with Crippen molar-refractivity contribution in [3.05, 3.63) is 0 Å². The Bertz CT molecular complexity index is 305. The molecule has 2 unspecified atom stereocenters. The molecule has 0 radical (unpaired) electrons. The fourth-order valence-electron chi connectivity index (χ4n) is 2.26. The van der Waals surface area contributed by atoms with Crippen molar-refractivity contribution >= 4 is 11.8 Å². The summed E-state index contributed by atoms with van der Waals surface area (Å²) in [6.45, 7) is 5.69. The fourth-order valence-corrected chi connectivity index (χ4v) is 2.26. The second-order valence-electron chi connectivity index (χ2n) is 5.22. The van der Waals surface area contributed by atoms with Crippen molar-refractivity contribution in [1.29, 1.82) is 0 Å². The molecule has 104 valence electrons. The van der Waals surface area contributed by atoms with Gasteiger partial charge >= 0.3 is 0 Å². The van der Waals surface area contributed by atoms with Crippen LogP contribution in [0.1, 0.15) is 26.7 Å². The molecule has 1 fully saturated rings. The molecule has 1 heterocycles. The Labute approximate surface area is 110 Å². The Balaban J connectivity index is 2.58. The molecule has 0 bridgehead atoms. The Morgan fingerprint density at radius 3 is 2.50 bits per heavy atom. The summed E-state index contributed by atoms with van der Waals surface area (Å²) < 4.78 is 0. The number of likely N-dealkylation sites (N-methyl/N-ethyl adjacent to an activating group) is 2. The summed E-state index contributed by atoms with van der Waals surface area (Å²) in [5, 5.41) is 3.34. The van der Waals surface area contributed by atoms with E-state index in [4.69, 9.17) is 0 Å². The van der Waals surface area contributed by atoms with E-state index in [1.807, 2.05) is 6.92 Å². The van der Waals surface area contributed by atoms with Crippen molar-refractivity contribution < 1.29 is 9.59 Å². The highest BCUT2D eigenvalue weighted by Gasteiger charge is 2.28. The molecule has 0 spiro atoms. The summed E-state index contributed by atoms with van der Waals surface area (Å²) in [7, 11) is 3.43. The highest BCUT2D eigenvalue weighted by atomic mass is 16.2. The third-order valence-electron chi connectivity index (χ3n) is 3.49. The van der Waals surface area contributed by atoms with Crippen molar-refractivity contribution in [3.8, 4) is 0 Å². The predicted molar refractivity (Wildman–Crippen MR) is 71.1 cm³/mol. The standard InChI is InChI=1S/C13H25N3O2/c1-5-16(9-12(17)15(3)4)13(18)11-6-7-14-10(2)8-11/h10-11,14H,5-9H2,1-4H3. The van der Waals surface area contributed by atoms with E-state index < -0.39 is 0 Å². The number of nitrogens with one attached hydrogen (secondary N) is 1. The normalized spacial score (nSPS) is 23.6. The first-order valence-corrected chi connectivity index (χ1v) is 6.68. The van der Waals surface area contributed by atoms with Gasteiger partial charge in [-0.15, -0.1) is 0 Å². The van der Waals surface area contributed by atoms with Crippen LogP contribution in [-0.4, -0.2) is 61.4 Å². The molecule has 1 aliphatic heterocycles. The van der Waals surface area contributed by atoms with Crippen LogP contribution in [-0.2, 0) is 9.59 Å². The summed E-state index contributed by atoms with van der Waals surface area (Å²) in [6.07, 6.45) is 1.74. The average Bonchev–Trinajstić information content (AvgIpc) is 2.34. The first kappa shape index (κ1) is 15.0. The van der Waals surface area contributed by atoms with Gasteiger partial charge in [-0.1, -0.05) is 0 Å². The van der Waals surface area contributed by atoms with Crippen molar-refractivity contribution in [2.75, 3.05) is 33.7 Å². The maximum absolute atomic E-state index is 12.4. The lowest BCUT2D eigenvalue weighted by atomic mass is 9.92. The third-order valence-corrected chi connectivity index (χ3v) is 3.49. The lowest BCUT2D eigenvalue weighted by Gasteiger charge is -2.31. The summed E-state index contributed by atoms with van der Waals surface area (Å²) in [5.74, 6) is 0.171. The van der Waals surface area contributed by atoms with Gasteiger partial charge in [-0.05, 0) is 33.2 Å². The Morgan fingerprint density at radius 1 is 1.33 bits per heavy atom. The summed E-state index contributed by atoms with van der Waals surface area (Å²) >= 11 is 0. The van der Waals surface area contributed by atoms with Crippen LogP contribution in [0.3, 0.4) is 0 Å². The van der Waals surface area contributed by atoms with E-state index in [0.717, 1.165) is 19.4 Å². The molecule has 2 amide bonds. The lowest BCUT2D eigenvalue weighted by molar-refractivity contribution is -0.142. The van der Waals surface area contributed by atoms with Crippen molar-refractivity contribution in [2.45, 2.75) is 32.7 Å². The van der Waals surface area contributed by atoms with Gasteiger partial charge in [-0.2, -0.15) is 0 Å². The molecule has 0 aromatic heterocycles. The largest absolute Gasteiger partial charge is 0.347 e. The number of piperidine rings is 1. The van der Waals surface area contributed by atoms with E-state index in [2.05, 4.69) is 12.2 Å². The van der Waals surface area contributed by atoms with E-state index in [1.165, 1.54) is 4.90 Å². The van der Waals surface area contributed by atoms with Crippen LogP contribution in [0, 0.1) is 5.92 Å². The Hall–Kier alpha value is -1.10. The highest BCUT2D eigenvalue weighted by Crippen LogP contribution is 2.18. The van der Waals surface area contributed by atoms with Crippen LogP contribution in [0.5, 0.6) is 0 Å². The average molecular weight is 255 g/mol. The molecule has 2 atom stereocenters. The van der Waals surface area contributed by atoms with Gasteiger partial charge in [0.1, 0.15) is 0 Å². The van der Waals surface area contributed by atoms with Crippen molar-refractivity contribution in [3.63, 3.8) is 0 Å². The van der Waals surface area contributed by atoms with Gasteiger partial charge < -0.3 is 15.1 Å². The van der Waals surface area contributed by atoms with E-state index in [9.17, 15) is 9.59 Å². The zero-order valence-corrected chi connectivity index (χ0v) is 11.9. The predicted octanol–water partition coefficient (Wildman–Crippen LogP) is 0.311. The Morgan fingerprint density at radius 2 is 2.00 bits per heavy atom. The number of hydrogen-bond acceptors (Lipinski definition) is 3. The van der Waals surface area contributed by atoms with E-state index in [1.54, 1.807) is 19.0 Å². The molecule has 5 nitrogen and oxygen atoms in total. The van der Waals surface area contributed by atoms with Crippen LogP contribution in [0.25, 0.3) is 0 Å². The smallest absolute Gasteiger partial charge is 0.241 e. The summed E-state index contributed by atoms with van der Waals surface area (Å²) in [5.41, 5.74) is 0. The monoisotopic (exact) mass is 255 g/mol. The number of carbonyl (C=O) groups is 2. The summed E-state index contributed by atoms with van der Waals surface area (Å²) in [6, 6.07) is 0.385. The SMILES string of the molecule is CCN(CC(=O)N(C)C)C(=O)C1CCNC(C)C1. The highest BCUT2D eigenvalue weighted by molar-refractivity contribution is 5.85. The van der Waals surface area contributed by atoms with Gasteiger partial charge in [0.15, 0.2) is 0 Å². The number of rotatable bonds is 4. The first-order chi connectivity index (χ1) is 8.45. The lowest BCUT2D eigenvalue weighted by Crippen LogP contribution is -2.47. The molecule has 0 aromatic carbocycles. The Kier molecular flexibility index (Phi) is 5.59. The van der Waals surface area contributed by atoms with Crippen LogP contribution in [0.4, 0.5) is 0 Å². The molecule has 1 N–H and O–H groups in total. The van der Waals surface area contributed by atoms with Crippen LogP contribution in [0.15, 0.2) is 0 Å². The molecule has 18 heavy (non-hydrogen) atoms. The van der Waals surface area contributed by atoms with Crippen molar-refractivity contribution in [2.24, 2.45) is 5.92 Å². The number of hydrogen-bond donors (Lipinski definition) is 1. The number of carbonyl (C=O) groups excluding carboxylic acids is 2.